The van der Waals surface area contributed by atoms with E-state index in [4.69, 9.17) is 0 Å². The average Bonchev–Trinajstić information content (AvgIpc) is 2.62. The molecule has 0 radical (unpaired) electrons. The van der Waals surface area contributed by atoms with Crippen molar-refractivity contribution in [2.75, 3.05) is 0 Å². The van der Waals surface area contributed by atoms with Gasteiger partial charge in [0.05, 0.1) is 0 Å². The van der Waals surface area contributed by atoms with Crippen molar-refractivity contribution in [2.45, 2.75) is 144 Å². The molecule has 0 aromatic rings. The lowest BCUT2D eigenvalue weighted by molar-refractivity contribution is 0.118. The average molecular weight is 339 g/mol. The minimum atomic E-state index is 0.631. The molecule has 0 N–H and O–H groups in total. The Morgan fingerprint density at radius 1 is 0.500 bits per heavy atom. The Morgan fingerprint density at radius 2 is 0.875 bits per heavy atom. The Morgan fingerprint density at radius 3 is 1.21 bits per heavy atom. The normalized spacial score (nSPS) is 13.4. The van der Waals surface area contributed by atoms with Crippen LogP contribution < -0.4 is 0 Å². The first kappa shape index (κ1) is 24.0. The fraction of sp³-hybridized carbons (Fsp3) is 1.00. The lowest BCUT2D eigenvalue weighted by Gasteiger charge is -2.39. The van der Waals surface area contributed by atoms with Crippen LogP contribution in [0.2, 0.25) is 0 Å². The van der Waals surface area contributed by atoms with Crippen molar-refractivity contribution < 1.29 is 0 Å². The fourth-order valence-electron chi connectivity index (χ4n) is 4.79. The molecule has 0 aliphatic rings. The first-order valence-corrected chi connectivity index (χ1v) is 11.7. The molecule has 1 atom stereocenters. The molecular formula is C24H50. The van der Waals surface area contributed by atoms with Crippen LogP contribution in [0.3, 0.4) is 0 Å². The molecule has 0 saturated carbocycles. The van der Waals surface area contributed by atoms with Gasteiger partial charge in [-0.3, -0.25) is 0 Å². The molecule has 0 fully saturated rings. The van der Waals surface area contributed by atoms with Crippen molar-refractivity contribution in [1.82, 2.24) is 0 Å². The van der Waals surface area contributed by atoms with Crippen molar-refractivity contribution in [3.05, 3.63) is 0 Å². The summed E-state index contributed by atoms with van der Waals surface area (Å²) in [5, 5.41) is 0. The third kappa shape index (κ3) is 10.1. The van der Waals surface area contributed by atoms with E-state index in [1.54, 1.807) is 0 Å². The maximum Gasteiger partial charge on any atom is -0.0277 e. The maximum absolute atomic E-state index is 2.42. The Hall–Kier alpha value is 0. The van der Waals surface area contributed by atoms with E-state index in [9.17, 15) is 0 Å². The Kier molecular flexibility index (Phi) is 16.5. The van der Waals surface area contributed by atoms with Gasteiger partial charge in [-0.15, -0.1) is 0 Å². The molecule has 0 rings (SSSR count). The summed E-state index contributed by atoms with van der Waals surface area (Å²) < 4.78 is 0. The Balaban J connectivity index is 3.60. The van der Waals surface area contributed by atoms with Crippen molar-refractivity contribution in [3.63, 3.8) is 0 Å². The molecule has 0 aromatic carbocycles. The molecule has 0 aliphatic carbocycles. The third-order valence-electron chi connectivity index (χ3n) is 6.88. The van der Waals surface area contributed by atoms with E-state index in [1.165, 1.54) is 109 Å². The van der Waals surface area contributed by atoms with Crippen molar-refractivity contribution in [2.24, 2.45) is 11.3 Å². The summed E-state index contributed by atoms with van der Waals surface area (Å²) in [7, 11) is 0. The Bertz CT molecular complexity index is 230. The summed E-state index contributed by atoms with van der Waals surface area (Å²) in [5.41, 5.74) is 0.631. The quantitative estimate of drug-likeness (QED) is 0.218. The van der Waals surface area contributed by atoms with Gasteiger partial charge < -0.3 is 0 Å². The predicted octanol–water partition coefficient (Wildman–Crippen LogP) is 9.32. The summed E-state index contributed by atoms with van der Waals surface area (Å²) >= 11 is 0. The van der Waals surface area contributed by atoms with Crippen LogP contribution in [0.25, 0.3) is 0 Å². The lowest BCUT2D eigenvalue weighted by atomic mass is 9.66. The molecule has 0 aromatic heterocycles. The zero-order chi connectivity index (χ0) is 18.1. The van der Waals surface area contributed by atoms with Gasteiger partial charge in [-0.25, -0.2) is 0 Å². The van der Waals surface area contributed by atoms with Crippen molar-refractivity contribution >= 4 is 0 Å². The fourth-order valence-corrected chi connectivity index (χ4v) is 4.79. The highest BCUT2D eigenvalue weighted by Gasteiger charge is 2.31. The topological polar surface area (TPSA) is 0 Å². The largest absolute Gasteiger partial charge is 0.0654 e. The van der Waals surface area contributed by atoms with Gasteiger partial charge in [0.1, 0.15) is 0 Å². The van der Waals surface area contributed by atoms with Gasteiger partial charge in [-0.1, -0.05) is 137 Å². The number of hydrogen-bond acceptors (Lipinski definition) is 0. The predicted molar refractivity (Wildman–Crippen MR) is 113 cm³/mol. The van der Waals surface area contributed by atoms with Gasteiger partial charge >= 0.3 is 0 Å². The van der Waals surface area contributed by atoms with E-state index in [2.05, 4.69) is 34.6 Å². The SMILES string of the molecule is CCCCCCCCCCCCCCC(CC)C(CC)(CC)CC. The van der Waals surface area contributed by atoms with Gasteiger partial charge in [-0.2, -0.15) is 0 Å². The highest BCUT2D eigenvalue weighted by atomic mass is 14.4. The van der Waals surface area contributed by atoms with E-state index in [-0.39, 0.29) is 0 Å². The van der Waals surface area contributed by atoms with Gasteiger partial charge in [0.2, 0.25) is 0 Å². The van der Waals surface area contributed by atoms with Gasteiger partial charge in [0.25, 0.3) is 0 Å². The van der Waals surface area contributed by atoms with E-state index in [0.717, 1.165) is 5.92 Å². The minimum Gasteiger partial charge on any atom is -0.0654 e. The molecule has 0 aliphatic heterocycles. The van der Waals surface area contributed by atoms with Crippen molar-refractivity contribution in [1.29, 1.82) is 0 Å². The summed E-state index contributed by atoms with van der Waals surface area (Å²) in [4.78, 5) is 0. The third-order valence-corrected chi connectivity index (χ3v) is 6.88. The number of rotatable bonds is 18. The second-order valence-electron chi connectivity index (χ2n) is 8.21. The number of unbranched alkanes of at least 4 members (excludes halogenated alkanes) is 11. The summed E-state index contributed by atoms with van der Waals surface area (Å²) in [5.74, 6) is 0.959. The highest BCUT2D eigenvalue weighted by molar-refractivity contribution is 4.82. The molecule has 0 heterocycles. The zero-order valence-corrected chi connectivity index (χ0v) is 18.1. The van der Waals surface area contributed by atoms with Crippen LogP contribution in [0, 0.1) is 11.3 Å². The van der Waals surface area contributed by atoms with E-state index < -0.39 is 0 Å². The summed E-state index contributed by atoms with van der Waals surface area (Å²) in [6.07, 6.45) is 24.5. The summed E-state index contributed by atoms with van der Waals surface area (Å²) in [6, 6.07) is 0. The molecule has 0 amide bonds. The highest BCUT2D eigenvalue weighted by Crippen LogP contribution is 2.43. The van der Waals surface area contributed by atoms with Gasteiger partial charge in [0.15, 0.2) is 0 Å². The monoisotopic (exact) mass is 338 g/mol. The molecule has 146 valence electrons. The van der Waals surface area contributed by atoms with Crippen LogP contribution in [0.4, 0.5) is 0 Å². The van der Waals surface area contributed by atoms with Crippen LogP contribution in [0.1, 0.15) is 144 Å². The minimum absolute atomic E-state index is 0.631. The molecule has 0 heteroatoms. The van der Waals surface area contributed by atoms with E-state index in [0.29, 0.717) is 5.41 Å². The van der Waals surface area contributed by atoms with E-state index >= 15 is 0 Å². The van der Waals surface area contributed by atoms with Crippen molar-refractivity contribution in [3.8, 4) is 0 Å². The maximum atomic E-state index is 2.42. The van der Waals surface area contributed by atoms with Crippen LogP contribution in [-0.2, 0) is 0 Å². The van der Waals surface area contributed by atoms with Crippen LogP contribution >= 0.6 is 0 Å². The molecule has 1 unspecified atom stereocenters. The van der Waals surface area contributed by atoms with Gasteiger partial charge in [-0.05, 0) is 17.8 Å². The van der Waals surface area contributed by atoms with E-state index in [1.807, 2.05) is 0 Å². The zero-order valence-electron chi connectivity index (χ0n) is 18.1. The summed E-state index contributed by atoms with van der Waals surface area (Å²) in [6.45, 7) is 12.0. The number of hydrogen-bond donors (Lipinski definition) is 0. The lowest BCUT2D eigenvalue weighted by Crippen LogP contribution is -2.28. The molecule has 0 saturated heterocycles. The molecule has 24 heavy (non-hydrogen) atoms. The smallest absolute Gasteiger partial charge is 0.0277 e. The molecule has 0 bridgehead atoms. The second kappa shape index (κ2) is 16.5. The molecule has 0 spiro atoms. The molecular weight excluding hydrogens is 288 g/mol. The molecule has 0 nitrogen and oxygen atoms in total. The first-order chi connectivity index (χ1) is 11.7. The van der Waals surface area contributed by atoms with Gasteiger partial charge in [0, 0.05) is 0 Å². The van der Waals surface area contributed by atoms with Crippen LogP contribution in [0.15, 0.2) is 0 Å². The second-order valence-corrected chi connectivity index (χ2v) is 8.21. The van der Waals surface area contributed by atoms with Crippen LogP contribution in [-0.4, -0.2) is 0 Å². The van der Waals surface area contributed by atoms with Crippen LogP contribution in [0.5, 0.6) is 0 Å². The Labute approximate surface area is 155 Å². The standard InChI is InChI=1S/C24H50/c1-6-11-12-13-14-15-16-17-18-19-20-21-22-23(7-2)24(8-3,9-4)10-5/h23H,6-22H2,1-5H3. The first-order valence-electron chi connectivity index (χ1n) is 11.7.